The van der Waals surface area contributed by atoms with Crippen molar-refractivity contribution in [3.8, 4) is 0 Å². The number of halogens is 1. The second-order valence-electron chi connectivity index (χ2n) is 5.49. The number of carbonyl (C=O) groups is 1. The molecule has 3 heteroatoms. The molecule has 3 rings (SSSR count). The molecule has 1 aliphatic heterocycles. The van der Waals surface area contributed by atoms with Crippen LogP contribution in [-0.2, 0) is 13.0 Å². The van der Waals surface area contributed by atoms with Crippen LogP contribution in [0.1, 0.15) is 27.9 Å². The molecular weight excluding hydrogens is 265 g/mol. The van der Waals surface area contributed by atoms with Crippen molar-refractivity contribution < 1.29 is 9.18 Å². The summed E-state index contributed by atoms with van der Waals surface area (Å²) in [6.45, 7) is 1.90. The van der Waals surface area contributed by atoms with E-state index in [9.17, 15) is 9.18 Å². The van der Waals surface area contributed by atoms with Crippen molar-refractivity contribution in [3.63, 3.8) is 0 Å². The number of benzene rings is 2. The third kappa shape index (κ3) is 3.19. The van der Waals surface area contributed by atoms with Crippen molar-refractivity contribution in [2.24, 2.45) is 0 Å². The number of aryl methyl sites for hydroxylation is 1. The van der Waals surface area contributed by atoms with Crippen LogP contribution in [-0.4, -0.2) is 23.8 Å². The fourth-order valence-electron chi connectivity index (χ4n) is 2.88. The van der Waals surface area contributed by atoms with Crippen molar-refractivity contribution in [2.75, 3.05) is 13.1 Å². The standard InChI is InChI=1S/C18H18FNO/c19-17-10-4-3-9-16(17)18(21)13-20-11-5-8-14-6-1-2-7-15(14)12-20/h1-4,6-7,9-10H,5,8,11-13H2. The van der Waals surface area contributed by atoms with E-state index in [-0.39, 0.29) is 17.9 Å². The Morgan fingerprint density at radius 3 is 2.57 bits per heavy atom. The molecular formula is C18H18FNO. The Balaban J connectivity index is 1.74. The number of Topliss-reactive ketones (excluding diaryl/α,β-unsaturated/α-hetero) is 1. The van der Waals surface area contributed by atoms with Gasteiger partial charge in [-0.25, -0.2) is 4.39 Å². The fourth-order valence-corrected chi connectivity index (χ4v) is 2.88. The Labute approximate surface area is 124 Å². The minimum atomic E-state index is -0.433. The average molecular weight is 283 g/mol. The lowest BCUT2D eigenvalue weighted by Crippen LogP contribution is -2.30. The van der Waals surface area contributed by atoms with E-state index < -0.39 is 5.82 Å². The van der Waals surface area contributed by atoms with Crippen molar-refractivity contribution >= 4 is 5.78 Å². The summed E-state index contributed by atoms with van der Waals surface area (Å²) in [6, 6.07) is 14.6. The monoisotopic (exact) mass is 283 g/mol. The number of ketones is 1. The minimum Gasteiger partial charge on any atom is -0.293 e. The predicted molar refractivity (Wildman–Crippen MR) is 80.8 cm³/mol. The lowest BCUT2D eigenvalue weighted by Gasteiger charge is -2.19. The zero-order valence-electron chi connectivity index (χ0n) is 11.9. The SMILES string of the molecule is O=C(CN1CCCc2ccccc2C1)c1ccccc1F. The molecule has 2 aromatic carbocycles. The summed E-state index contributed by atoms with van der Waals surface area (Å²) in [4.78, 5) is 14.4. The zero-order chi connectivity index (χ0) is 14.7. The molecule has 0 amide bonds. The maximum atomic E-state index is 13.7. The smallest absolute Gasteiger partial charge is 0.179 e. The van der Waals surface area contributed by atoms with E-state index in [0.717, 1.165) is 25.9 Å². The van der Waals surface area contributed by atoms with Crippen molar-refractivity contribution in [1.29, 1.82) is 0 Å². The molecule has 21 heavy (non-hydrogen) atoms. The number of hydrogen-bond acceptors (Lipinski definition) is 2. The van der Waals surface area contributed by atoms with Gasteiger partial charge in [0.2, 0.25) is 0 Å². The van der Waals surface area contributed by atoms with E-state index in [4.69, 9.17) is 0 Å². The quantitative estimate of drug-likeness (QED) is 0.804. The van der Waals surface area contributed by atoms with Gasteiger partial charge in [-0.3, -0.25) is 9.69 Å². The molecule has 0 fully saturated rings. The number of nitrogens with zero attached hydrogens (tertiary/aromatic N) is 1. The van der Waals surface area contributed by atoms with Gasteiger partial charge in [-0.15, -0.1) is 0 Å². The topological polar surface area (TPSA) is 20.3 Å². The third-order valence-electron chi connectivity index (χ3n) is 3.97. The number of fused-ring (bicyclic) bond motifs is 1. The van der Waals surface area contributed by atoms with Gasteiger partial charge in [-0.05, 0) is 42.6 Å². The van der Waals surface area contributed by atoms with Gasteiger partial charge in [0.1, 0.15) is 5.82 Å². The van der Waals surface area contributed by atoms with E-state index >= 15 is 0 Å². The van der Waals surface area contributed by atoms with Crippen LogP contribution >= 0.6 is 0 Å². The van der Waals surface area contributed by atoms with Crippen LogP contribution < -0.4 is 0 Å². The van der Waals surface area contributed by atoms with Crippen molar-refractivity contribution in [3.05, 3.63) is 71.0 Å². The van der Waals surface area contributed by atoms with Gasteiger partial charge in [-0.2, -0.15) is 0 Å². The van der Waals surface area contributed by atoms with E-state index in [2.05, 4.69) is 23.1 Å². The van der Waals surface area contributed by atoms with Gasteiger partial charge in [0, 0.05) is 6.54 Å². The molecule has 0 radical (unpaired) electrons. The normalized spacial score (nSPS) is 15.3. The summed E-state index contributed by atoms with van der Waals surface area (Å²) in [5.74, 6) is -0.579. The van der Waals surface area contributed by atoms with E-state index in [1.54, 1.807) is 18.2 Å². The Kier molecular flexibility index (Phi) is 4.11. The lowest BCUT2D eigenvalue weighted by atomic mass is 10.0. The first-order valence-electron chi connectivity index (χ1n) is 7.31. The molecule has 0 unspecified atom stereocenters. The maximum absolute atomic E-state index is 13.7. The Morgan fingerprint density at radius 2 is 1.76 bits per heavy atom. The maximum Gasteiger partial charge on any atom is 0.179 e. The molecule has 2 aromatic rings. The first kappa shape index (κ1) is 14.0. The Bertz CT molecular complexity index is 653. The Morgan fingerprint density at radius 1 is 1.05 bits per heavy atom. The molecule has 0 N–H and O–H groups in total. The number of hydrogen-bond donors (Lipinski definition) is 0. The van der Waals surface area contributed by atoms with Gasteiger partial charge in [0.15, 0.2) is 5.78 Å². The third-order valence-corrected chi connectivity index (χ3v) is 3.97. The summed E-state index contributed by atoms with van der Waals surface area (Å²) < 4.78 is 13.7. The van der Waals surface area contributed by atoms with Crippen LogP contribution in [0.3, 0.4) is 0 Å². The van der Waals surface area contributed by atoms with Gasteiger partial charge < -0.3 is 0 Å². The van der Waals surface area contributed by atoms with E-state index in [1.807, 2.05) is 6.07 Å². The largest absolute Gasteiger partial charge is 0.293 e. The number of carbonyl (C=O) groups excluding carboxylic acids is 1. The molecule has 0 aliphatic carbocycles. The molecule has 0 bridgehead atoms. The molecule has 0 spiro atoms. The molecule has 0 atom stereocenters. The highest BCUT2D eigenvalue weighted by molar-refractivity contribution is 5.97. The van der Waals surface area contributed by atoms with Crippen LogP contribution in [0.15, 0.2) is 48.5 Å². The lowest BCUT2D eigenvalue weighted by molar-refractivity contribution is 0.0923. The van der Waals surface area contributed by atoms with Crippen LogP contribution in [0.25, 0.3) is 0 Å². The van der Waals surface area contributed by atoms with Crippen LogP contribution in [0.4, 0.5) is 4.39 Å². The summed E-state index contributed by atoms with van der Waals surface area (Å²) >= 11 is 0. The zero-order valence-corrected chi connectivity index (χ0v) is 11.9. The van der Waals surface area contributed by atoms with Gasteiger partial charge in [0.05, 0.1) is 12.1 Å². The predicted octanol–water partition coefficient (Wildman–Crippen LogP) is 3.46. The minimum absolute atomic E-state index is 0.146. The molecule has 108 valence electrons. The highest BCUT2D eigenvalue weighted by Crippen LogP contribution is 2.19. The first-order valence-corrected chi connectivity index (χ1v) is 7.31. The summed E-state index contributed by atoms with van der Waals surface area (Å²) in [5, 5.41) is 0. The average Bonchev–Trinajstić information content (AvgIpc) is 2.69. The molecule has 0 aromatic heterocycles. The summed E-state index contributed by atoms with van der Waals surface area (Å²) in [5.41, 5.74) is 2.82. The molecule has 2 nitrogen and oxygen atoms in total. The van der Waals surface area contributed by atoms with Crippen LogP contribution in [0, 0.1) is 5.82 Å². The van der Waals surface area contributed by atoms with Gasteiger partial charge >= 0.3 is 0 Å². The molecule has 0 saturated heterocycles. The summed E-state index contributed by atoms with van der Waals surface area (Å²) in [7, 11) is 0. The van der Waals surface area contributed by atoms with E-state index in [1.165, 1.54) is 17.2 Å². The van der Waals surface area contributed by atoms with Gasteiger partial charge in [0.25, 0.3) is 0 Å². The van der Waals surface area contributed by atoms with Crippen molar-refractivity contribution in [1.82, 2.24) is 4.90 Å². The highest BCUT2D eigenvalue weighted by atomic mass is 19.1. The fraction of sp³-hybridized carbons (Fsp3) is 0.278. The second kappa shape index (κ2) is 6.19. The van der Waals surface area contributed by atoms with Crippen LogP contribution in [0.2, 0.25) is 0 Å². The first-order chi connectivity index (χ1) is 10.2. The van der Waals surface area contributed by atoms with Crippen LogP contribution in [0.5, 0.6) is 0 Å². The number of rotatable bonds is 3. The second-order valence-corrected chi connectivity index (χ2v) is 5.49. The molecule has 1 aliphatic rings. The van der Waals surface area contributed by atoms with E-state index in [0.29, 0.717) is 0 Å². The van der Waals surface area contributed by atoms with Crippen molar-refractivity contribution in [2.45, 2.75) is 19.4 Å². The molecule has 0 saturated carbocycles. The molecule has 1 heterocycles. The van der Waals surface area contributed by atoms with Gasteiger partial charge in [-0.1, -0.05) is 36.4 Å². The Hall–Kier alpha value is -2.00. The highest BCUT2D eigenvalue weighted by Gasteiger charge is 2.18. The summed E-state index contributed by atoms with van der Waals surface area (Å²) in [6.07, 6.45) is 2.07.